The maximum absolute atomic E-state index is 11.9. The fraction of sp³-hybridized carbons (Fsp3) is 0.786. The van der Waals surface area contributed by atoms with E-state index in [4.69, 9.17) is 56.8 Å². The van der Waals surface area contributed by atoms with Crippen LogP contribution in [0.5, 0.6) is 0 Å². The first kappa shape index (κ1) is 52.4. The zero-order valence-corrected chi connectivity index (χ0v) is 34.6. The van der Waals surface area contributed by atoms with Gasteiger partial charge in [0.1, 0.15) is 13.2 Å². The lowest BCUT2D eigenvalue weighted by Crippen LogP contribution is -2.20. The lowest BCUT2D eigenvalue weighted by atomic mass is 10.1. The highest BCUT2D eigenvalue weighted by atomic mass is 16.6. The number of unbranched alkanes of at least 4 members (excludes halogenated alkanes) is 8. The molecule has 0 aliphatic rings. The van der Waals surface area contributed by atoms with Gasteiger partial charge in [-0.05, 0) is 6.42 Å². The van der Waals surface area contributed by atoms with Gasteiger partial charge >= 0.3 is 11.9 Å². The molecule has 0 spiro atoms. The molecule has 57 heavy (non-hydrogen) atoms. The maximum atomic E-state index is 11.9. The molecule has 0 heterocycles. The van der Waals surface area contributed by atoms with Crippen molar-refractivity contribution in [2.75, 3.05) is 145 Å². The molecule has 330 valence electrons. The smallest absolute Gasteiger partial charge is 0.379 e. The predicted octanol–water partition coefficient (Wildman–Crippen LogP) is 5.04. The molecule has 0 saturated heterocycles. The molecular formula is C42H72O15. The van der Waals surface area contributed by atoms with Gasteiger partial charge in [-0.2, -0.15) is 0 Å². The van der Waals surface area contributed by atoms with E-state index >= 15 is 0 Å². The van der Waals surface area contributed by atoms with Crippen LogP contribution in [0.2, 0.25) is 0 Å². The van der Waals surface area contributed by atoms with Gasteiger partial charge in [0, 0.05) is 12.0 Å². The Morgan fingerprint density at radius 2 is 0.667 bits per heavy atom. The lowest BCUT2D eigenvalue weighted by Gasteiger charge is -2.09. The van der Waals surface area contributed by atoms with E-state index in [-0.39, 0.29) is 25.8 Å². The van der Waals surface area contributed by atoms with E-state index < -0.39 is 11.8 Å². The Balaban J connectivity index is 1.66. The normalized spacial score (nSPS) is 11.2. The van der Waals surface area contributed by atoms with Crippen molar-refractivity contribution in [3.8, 4) is 0 Å². The van der Waals surface area contributed by atoms with Crippen LogP contribution < -0.4 is 0 Å². The summed E-state index contributed by atoms with van der Waals surface area (Å²) in [6.45, 7) is 11.2. The monoisotopic (exact) mass is 816 g/mol. The van der Waals surface area contributed by atoms with E-state index in [1.54, 1.807) is 30.3 Å². The van der Waals surface area contributed by atoms with Crippen molar-refractivity contribution >= 4 is 17.7 Å². The Hall–Kier alpha value is -2.57. The van der Waals surface area contributed by atoms with E-state index in [1.165, 1.54) is 44.9 Å². The van der Waals surface area contributed by atoms with Crippen molar-refractivity contribution < 1.29 is 71.2 Å². The van der Waals surface area contributed by atoms with Crippen LogP contribution in [0.25, 0.3) is 0 Å². The molecule has 0 saturated carbocycles. The number of benzene rings is 1. The first-order chi connectivity index (χ1) is 28.1. The minimum Gasteiger partial charge on any atom is -0.463 e. The molecule has 15 heteroatoms. The molecule has 0 N–H and O–H groups in total. The third-order valence-electron chi connectivity index (χ3n) is 8.01. The molecule has 1 aromatic carbocycles. The quantitative estimate of drug-likeness (QED) is 0.0372. The van der Waals surface area contributed by atoms with E-state index in [1.807, 2.05) is 0 Å². The van der Waals surface area contributed by atoms with Gasteiger partial charge in [0.05, 0.1) is 132 Å². The molecule has 0 fully saturated rings. The van der Waals surface area contributed by atoms with Crippen LogP contribution in [0.1, 0.15) is 81.5 Å². The summed E-state index contributed by atoms with van der Waals surface area (Å²) < 4.78 is 64.7. The standard InChI is InChI=1S/C42H72O15/c1-2-3-4-5-6-7-8-9-13-16-40(43)56-37-35-54-33-31-52-29-27-50-25-23-48-21-19-46-17-18-47-20-22-49-24-26-51-28-30-53-32-34-55-36-38-57-42(45)41(44)39-14-11-10-12-15-39/h10-12,14-15H,2-9,13,16-38H2,1H3. The van der Waals surface area contributed by atoms with Gasteiger partial charge in [0.15, 0.2) is 0 Å². The Morgan fingerprint density at radius 1 is 0.368 bits per heavy atom. The Kier molecular flexibility index (Phi) is 39.6. The van der Waals surface area contributed by atoms with Crippen LogP contribution in [-0.4, -0.2) is 163 Å². The number of esters is 2. The van der Waals surface area contributed by atoms with Gasteiger partial charge < -0.3 is 56.8 Å². The summed E-state index contributed by atoms with van der Waals surface area (Å²) >= 11 is 0. The molecule has 0 atom stereocenters. The van der Waals surface area contributed by atoms with Crippen LogP contribution in [0.15, 0.2) is 30.3 Å². The highest BCUT2D eigenvalue weighted by Gasteiger charge is 2.17. The lowest BCUT2D eigenvalue weighted by molar-refractivity contribution is -0.145. The highest BCUT2D eigenvalue weighted by Crippen LogP contribution is 2.11. The SMILES string of the molecule is CCCCCCCCCCCC(=O)OCCOCCOCCOCCOCCOCCOCCOCCOCCOCCOCCOC(=O)C(=O)c1ccccc1. The molecule has 0 radical (unpaired) electrons. The van der Waals surface area contributed by atoms with Crippen molar-refractivity contribution in [2.45, 2.75) is 71.1 Å². The Morgan fingerprint density at radius 3 is 1.02 bits per heavy atom. The second kappa shape index (κ2) is 43.0. The predicted molar refractivity (Wildman–Crippen MR) is 213 cm³/mol. The van der Waals surface area contributed by atoms with Gasteiger partial charge in [-0.25, -0.2) is 4.79 Å². The maximum Gasteiger partial charge on any atom is 0.379 e. The van der Waals surface area contributed by atoms with E-state index in [9.17, 15) is 14.4 Å². The second-order valence-electron chi connectivity index (χ2n) is 12.8. The molecule has 0 bridgehead atoms. The first-order valence-corrected chi connectivity index (χ1v) is 20.8. The molecule has 1 aromatic rings. The van der Waals surface area contributed by atoms with Crippen LogP contribution >= 0.6 is 0 Å². The van der Waals surface area contributed by atoms with Gasteiger partial charge in [-0.15, -0.1) is 0 Å². The summed E-state index contributed by atoms with van der Waals surface area (Å²) in [5, 5.41) is 0. The van der Waals surface area contributed by atoms with Crippen LogP contribution in [0, 0.1) is 0 Å². The Bertz CT molecular complexity index is 1030. The zero-order chi connectivity index (χ0) is 41.0. The third kappa shape index (κ3) is 37.5. The summed E-state index contributed by atoms with van der Waals surface area (Å²) in [4.78, 5) is 35.5. The van der Waals surface area contributed by atoms with Crippen molar-refractivity contribution in [3.63, 3.8) is 0 Å². The number of carbonyl (C=O) groups is 3. The van der Waals surface area contributed by atoms with Crippen molar-refractivity contribution in [2.24, 2.45) is 0 Å². The number of ketones is 1. The molecule has 0 aromatic heterocycles. The van der Waals surface area contributed by atoms with E-state index in [0.29, 0.717) is 138 Å². The third-order valence-corrected chi connectivity index (χ3v) is 8.01. The largest absolute Gasteiger partial charge is 0.463 e. The molecule has 0 unspecified atom stereocenters. The molecule has 15 nitrogen and oxygen atoms in total. The molecule has 1 rings (SSSR count). The van der Waals surface area contributed by atoms with Gasteiger partial charge in [0.25, 0.3) is 5.78 Å². The molecule has 0 aliphatic carbocycles. The van der Waals surface area contributed by atoms with Crippen LogP contribution in [0.4, 0.5) is 0 Å². The van der Waals surface area contributed by atoms with E-state index in [0.717, 1.165) is 12.8 Å². The minimum absolute atomic E-state index is 0.00646. The average Bonchev–Trinajstić information content (AvgIpc) is 3.23. The first-order valence-electron chi connectivity index (χ1n) is 20.8. The van der Waals surface area contributed by atoms with Crippen LogP contribution in [-0.2, 0) is 66.4 Å². The van der Waals surface area contributed by atoms with Crippen LogP contribution in [0.3, 0.4) is 0 Å². The minimum atomic E-state index is -0.900. The number of ether oxygens (including phenoxy) is 12. The number of hydrogen-bond donors (Lipinski definition) is 0. The number of rotatable bonds is 45. The van der Waals surface area contributed by atoms with Gasteiger partial charge in [0.2, 0.25) is 0 Å². The summed E-state index contributed by atoms with van der Waals surface area (Å²) in [7, 11) is 0. The second-order valence-corrected chi connectivity index (χ2v) is 12.8. The molecule has 0 amide bonds. The summed E-state index contributed by atoms with van der Waals surface area (Å²) in [6, 6.07) is 8.25. The number of Topliss-reactive ketones (excluding diaryl/α,β-unsaturated/α-hetero) is 1. The summed E-state index contributed by atoms with van der Waals surface area (Å²) in [5.41, 5.74) is 0.293. The molecule has 0 aliphatic heterocycles. The number of carbonyl (C=O) groups excluding carboxylic acids is 3. The van der Waals surface area contributed by atoms with Crippen molar-refractivity contribution in [1.29, 1.82) is 0 Å². The fourth-order valence-electron chi connectivity index (χ4n) is 4.91. The number of hydrogen-bond acceptors (Lipinski definition) is 15. The summed E-state index contributed by atoms with van der Waals surface area (Å²) in [6.07, 6.45) is 11.5. The zero-order valence-electron chi connectivity index (χ0n) is 34.6. The average molecular weight is 817 g/mol. The topological polar surface area (TPSA) is 162 Å². The highest BCUT2D eigenvalue weighted by molar-refractivity contribution is 6.40. The van der Waals surface area contributed by atoms with Gasteiger partial charge in [-0.1, -0.05) is 88.6 Å². The Labute approximate surface area is 340 Å². The van der Waals surface area contributed by atoms with Crippen molar-refractivity contribution in [1.82, 2.24) is 0 Å². The summed E-state index contributed by atoms with van der Waals surface area (Å²) in [5.74, 6) is -1.72. The fourth-order valence-corrected chi connectivity index (χ4v) is 4.91. The van der Waals surface area contributed by atoms with E-state index in [2.05, 4.69) is 6.92 Å². The molecular weight excluding hydrogens is 744 g/mol. The van der Waals surface area contributed by atoms with Gasteiger partial charge in [-0.3, -0.25) is 9.59 Å². The van der Waals surface area contributed by atoms with Crippen molar-refractivity contribution in [3.05, 3.63) is 35.9 Å².